The molecule has 0 aliphatic carbocycles. The van der Waals surface area contributed by atoms with Gasteiger partial charge >= 0.3 is 0 Å². The van der Waals surface area contributed by atoms with Crippen LogP contribution >= 0.6 is 12.2 Å². The Morgan fingerprint density at radius 2 is 1.71 bits per heavy atom. The van der Waals surface area contributed by atoms with Gasteiger partial charge in [-0.25, -0.2) is 0 Å². The summed E-state index contributed by atoms with van der Waals surface area (Å²) in [5.41, 5.74) is 2.22. The molecular formula is C17H19NO2S. The van der Waals surface area contributed by atoms with E-state index in [0.29, 0.717) is 16.5 Å². The highest BCUT2D eigenvalue weighted by atomic mass is 32.1. The van der Waals surface area contributed by atoms with Gasteiger partial charge in [-0.2, -0.15) is 0 Å². The third-order valence-electron chi connectivity index (χ3n) is 3.19. The molecule has 0 unspecified atom stereocenters. The van der Waals surface area contributed by atoms with Crippen molar-refractivity contribution in [3.05, 3.63) is 59.7 Å². The van der Waals surface area contributed by atoms with Crippen molar-refractivity contribution < 1.29 is 9.47 Å². The molecule has 1 N–H and O–H groups in total. The van der Waals surface area contributed by atoms with Gasteiger partial charge < -0.3 is 14.8 Å². The minimum Gasteiger partial charge on any atom is -0.493 e. The molecule has 0 saturated carbocycles. The molecule has 2 aromatic rings. The maximum atomic E-state index is 5.42. The van der Waals surface area contributed by atoms with Crippen molar-refractivity contribution in [3.63, 3.8) is 0 Å². The van der Waals surface area contributed by atoms with Crippen LogP contribution in [0.4, 0.5) is 0 Å². The van der Waals surface area contributed by atoms with Crippen LogP contribution in [-0.4, -0.2) is 25.8 Å². The van der Waals surface area contributed by atoms with Crippen LogP contribution in [-0.2, 0) is 6.42 Å². The largest absolute Gasteiger partial charge is 0.493 e. The molecular weight excluding hydrogens is 282 g/mol. The van der Waals surface area contributed by atoms with Gasteiger partial charge in [-0.1, -0.05) is 42.5 Å². The predicted molar refractivity (Wildman–Crippen MR) is 89.4 cm³/mol. The van der Waals surface area contributed by atoms with Crippen molar-refractivity contribution in [2.45, 2.75) is 6.42 Å². The van der Waals surface area contributed by atoms with Gasteiger partial charge in [0.1, 0.15) is 4.99 Å². The quantitative estimate of drug-likeness (QED) is 0.830. The number of hydrogen-bond acceptors (Lipinski definition) is 3. The number of ether oxygens (including phenoxy) is 2. The Balaban J connectivity index is 1.94. The molecule has 110 valence electrons. The first-order valence-electron chi connectivity index (χ1n) is 6.78. The molecule has 0 bridgehead atoms. The summed E-state index contributed by atoms with van der Waals surface area (Å²) in [5, 5.41) is 3.27. The van der Waals surface area contributed by atoms with Gasteiger partial charge in [0.05, 0.1) is 14.2 Å². The van der Waals surface area contributed by atoms with Crippen LogP contribution in [0.25, 0.3) is 0 Å². The lowest BCUT2D eigenvalue weighted by atomic mass is 10.1. The lowest BCUT2D eigenvalue weighted by Crippen LogP contribution is -2.24. The molecule has 0 aromatic heterocycles. The zero-order valence-electron chi connectivity index (χ0n) is 12.3. The summed E-state index contributed by atoms with van der Waals surface area (Å²) < 4.78 is 10.5. The molecule has 0 atom stereocenters. The number of thiocarbonyl (C=S) groups is 1. The Morgan fingerprint density at radius 3 is 2.38 bits per heavy atom. The van der Waals surface area contributed by atoms with Crippen LogP contribution in [0, 0.1) is 0 Å². The number of nitrogens with one attached hydrogen (secondary N) is 1. The third kappa shape index (κ3) is 4.20. The molecule has 0 aliphatic rings. The van der Waals surface area contributed by atoms with Crippen LogP contribution in [0.2, 0.25) is 0 Å². The maximum Gasteiger partial charge on any atom is 0.161 e. The molecule has 0 fully saturated rings. The van der Waals surface area contributed by atoms with Crippen molar-refractivity contribution in [2.75, 3.05) is 20.8 Å². The van der Waals surface area contributed by atoms with E-state index in [9.17, 15) is 0 Å². The average molecular weight is 301 g/mol. The number of rotatable bonds is 6. The Morgan fingerprint density at radius 1 is 1.00 bits per heavy atom. The molecule has 2 rings (SSSR count). The molecule has 21 heavy (non-hydrogen) atoms. The Labute approximate surface area is 130 Å². The fraction of sp³-hybridized carbons (Fsp3) is 0.235. The van der Waals surface area contributed by atoms with Gasteiger partial charge in [0.15, 0.2) is 11.5 Å². The summed E-state index contributed by atoms with van der Waals surface area (Å²) in [4.78, 5) is 0.715. The van der Waals surface area contributed by atoms with Crippen LogP contribution in [0.1, 0.15) is 11.1 Å². The van der Waals surface area contributed by atoms with E-state index in [0.717, 1.165) is 18.5 Å². The SMILES string of the molecule is COc1ccc(C(=S)NCCc2ccccc2)cc1OC. The standard InChI is InChI=1S/C17H19NO2S/c1-19-15-9-8-14(12-16(15)20-2)17(21)18-11-10-13-6-4-3-5-7-13/h3-9,12H,10-11H2,1-2H3,(H,18,21). The maximum absolute atomic E-state index is 5.42. The summed E-state index contributed by atoms with van der Waals surface area (Å²) in [6.07, 6.45) is 0.939. The van der Waals surface area contributed by atoms with E-state index in [1.54, 1.807) is 14.2 Å². The van der Waals surface area contributed by atoms with E-state index in [-0.39, 0.29) is 0 Å². The summed E-state index contributed by atoms with van der Waals surface area (Å²) in [6, 6.07) is 16.0. The van der Waals surface area contributed by atoms with Crippen molar-refractivity contribution >= 4 is 17.2 Å². The van der Waals surface area contributed by atoms with Crippen LogP contribution in [0.15, 0.2) is 48.5 Å². The van der Waals surface area contributed by atoms with E-state index in [1.165, 1.54) is 5.56 Å². The molecule has 0 heterocycles. The molecule has 0 radical (unpaired) electrons. The van der Waals surface area contributed by atoms with E-state index >= 15 is 0 Å². The fourth-order valence-electron chi connectivity index (χ4n) is 2.04. The van der Waals surface area contributed by atoms with Gasteiger partial charge in [-0.05, 0) is 30.2 Å². The molecule has 0 aliphatic heterocycles. The summed E-state index contributed by atoms with van der Waals surface area (Å²) in [7, 11) is 3.24. The van der Waals surface area contributed by atoms with E-state index in [4.69, 9.17) is 21.7 Å². The normalized spacial score (nSPS) is 10.0. The number of benzene rings is 2. The van der Waals surface area contributed by atoms with Crippen molar-refractivity contribution in [2.24, 2.45) is 0 Å². The van der Waals surface area contributed by atoms with Crippen LogP contribution in [0.5, 0.6) is 11.5 Å². The zero-order valence-corrected chi connectivity index (χ0v) is 13.1. The number of methoxy groups -OCH3 is 2. The van der Waals surface area contributed by atoms with E-state index in [1.807, 2.05) is 36.4 Å². The van der Waals surface area contributed by atoms with Crippen molar-refractivity contribution in [1.29, 1.82) is 0 Å². The highest BCUT2D eigenvalue weighted by Gasteiger charge is 2.07. The van der Waals surface area contributed by atoms with Crippen LogP contribution in [0.3, 0.4) is 0 Å². The minimum absolute atomic E-state index is 0.683. The topological polar surface area (TPSA) is 30.5 Å². The lowest BCUT2D eigenvalue weighted by Gasteiger charge is -2.12. The van der Waals surface area contributed by atoms with Crippen molar-refractivity contribution in [3.8, 4) is 11.5 Å². The molecule has 3 nitrogen and oxygen atoms in total. The molecule has 0 saturated heterocycles. The fourth-order valence-corrected chi connectivity index (χ4v) is 2.27. The summed E-state index contributed by atoms with van der Waals surface area (Å²) in [5.74, 6) is 1.38. The first-order chi connectivity index (χ1) is 10.2. The van der Waals surface area contributed by atoms with Gasteiger partial charge in [0.2, 0.25) is 0 Å². The Kier molecular flexibility index (Phi) is 5.58. The highest BCUT2D eigenvalue weighted by molar-refractivity contribution is 7.80. The van der Waals surface area contributed by atoms with Gasteiger partial charge in [0, 0.05) is 12.1 Å². The smallest absolute Gasteiger partial charge is 0.161 e. The number of hydrogen-bond donors (Lipinski definition) is 1. The van der Waals surface area contributed by atoms with Gasteiger partial charge in [-0.3, -0.25) is 0 Å². The zero-order chi connectivity index (χ0) is 15.1. The van der Waals surface area contributed by atoms with Gasteiger partial charge in [0.25, 0.3) is 0 Å². The second kappa shape index (κ2) is 7.64. The monoisotopic (exact) mass is 301 g/mol. The van der Waals surface area contributed by atoms with Crippen LogP contribution < -0.4 is 14.8 Å². The molecule has 0 spiro atoms. The summed E-state index contributed by atoms with van der Waals surface area (Å²) >= 11 is 5.42. The van der Waals surface area contributed by atoms with E-state index < -0.39 is 0 Å². The first kappa shape index (κ1) is 15.3. The predicted octanol–water partition coefficient (Wildman–Crippen LogP) is 3.21. The Bertz CT molecular complexity index is 599. The van der Waals surface area contributed by atoms with E-state index in [2.05, 4.69) is 17.4 Å². The minimum atomic E-state index is 0.683. The second-order valence-corrected chi connectivity index (χ2v) is 4.97. The second-order valence-electron chi connectivity index (χ2n) is 4.56. The third-order valence-corrected chi connectivity index (χ3v) is 3.57. The van der Waals surface area contributed by atoms with Gasteiger partial charge in [-0.15, -0.1) is 0 Å². The average Bonchev–Trinajstić information content (AvgIpc) is 2.55. The highest BCUT2D eigenvalue weighted by Crippen LogP contribution is 2.27. The molecule has 0 amide bonds. The lowest BCUT2D eigenvalue weighted by molar-refractivity contribution is 0.355. The molecule has 4 heteroatoms. The summed E-state index contributed by atoms with van der Waals surface area (Å²) in [6.45, 7) is 0.803. The molecule has 2 aromatic carbocycles. The Hall–Kier alpha value is -2.07. The first-order valence-corrected chi connectivity index (χ1v) is 7.19. The van der Waals surface area contributed by atoms with Crippen molar-refractivity contribution in [1.82, 2.24) is 5.32 Å².